The largest absolute Gasteiger partial charge is 0.465 e. The van der Waals surface area contributed by atoms with Crippen LogP contribution in [0.4, 0.5) is 0 Å². The molecule has 5 N–H and O–H groups in total. The highest BCUT2D eigenvalue weighted by molar-refractivity contribution is 6.00. The van der Waals surface area contributed by atoms with E-state index in [0.29, 0.717) is 6.42 Å². The topological polar surface area (TPSA) is 220 Å². The van der Waals surface area contributed by atoms with Crippen LogP contribution in [-0.2, 0) is 47.5 Å². The van der Waals surface area contributed by atoms with Crippen LogP contribution < -0.4 is 0 Å². The third-order valence-corrected chi connectivity index (χ3v) is 12.6. The number of hydrogen-bond donors (Lipinski definition) is 5. The van der Waals surface area contributed by atoms with Gasteiger partial charge < -0.3 is 63.6 Å². The quantitative estimate of drug-likeness (QED) is 0.165. The molecule has 3 heterocycles. The number of cyclic esters (lactones) is 1. The molecule has 3 aliphatic rings. The second-order valence-corrected chi connectivity index (χ2v) is 17.5. The third-order valence-electron chi connectivity index (χ3n) is 12.6. The van der Waals surface area contributed by atoms with E-state index in [1.54, 1.807) is 41.5 Å². The summed E-state index contributed by atoms with van der Waals surface area (Å²) in [4.78, 5) is 45.0. The zero-order chi connectivity index (χ0) is 42.9. The highest BCUT2D eigenvalue weighted by Gasteiger charge is 2.61. The van der Waals surface area contributed by atoms with Crippen molar-refractivity contribution < 1.29 is 73.1 Å². The molecule has 326 valence electrons. The Hall–Kier alpha value is -1.83. The molecule has 18 atom stereocenters. The van der Waals surface area contributed by atoms with Crippen LogP contribution >= 0.6 is 0 Å². The Kier molecular flexibility index (Phi) is 16.1. The van der Waals surface area contributed by atoms with Gasteiger partial charge in [-0.25, -0.2) is 0 Å². The van der Waals surface area contributed by atoms with Crippen LogP contribution in [0.25, 0.3) is 0 Å². The van der Waals surface area contributed by atoms with E-state index in [1.807, 2.05) is 25.9 Å². The Morgan fingerprint density at radius 1 is 0.893 bits per heavy atom. The molecule has 0 amide bonds. The van der Waals surface area contributed by atoms with Gasteiger partial charge in [-0.15, -0.1) is 0 Å². The van der Waals surface area contributed by atoms with Gasteiger partial charge in [-0.2, -0.15) is 0 Å². The van der Waals surface area contributed by atoms with Crippen molar-refractivity contribution in [3.8, 4) is 0 Å². The van der Waals surface area contributed by atoms with Crippen LogP contribution in [-0.4, -0.2) is 160 Å². The number of hydrogen-bond acceptors (Lipinski definition) is 16. The standard InChI is InChI=1S/C40H71NO15/c1-15-26-40(11,49)30(44)22(5)28(42)20(3)18-37(8,48)32(56-34-29(43)25(41(12)13)17-21(4)52-34)23(6)33(39(10,36(47)54-26)35(46)51-16-2)55-27-19-38(9,50-14)31(45)24(7)53-27/h20-27,29-34,43-45,48-49H,15-19H2,1-14H3/t20-,21+,22+,23-,24+,25-,26-,27?,29+,30-,31+,32-,33+,34?,37-,38-,39-,40-/m1/s1. The van der Waals surface area contributed by atoms with Gasteiger partial charge in [-0.3, -0.25) is 14.4 Å². The van der Waals surface area contributed by atoms with Crippen molar-refractivity contribution in [3.05, 3.63) is 0 Å². The number of carbonyl (C=O) groups excluding carboxylic acids is 3. The van der Waals surface area contributed by atoms with Gasteiger partial charge >= 0.3 is 11.9 Å². The number of nitrogens with zero attached hydrogens (tertiary/aromatic N) is 1. The maximum Gasteiger partial charge on any atom is 0.326 e. The molecule has 3 aliphatic heterocycles. The Bertz CT molecular complexity index is 1340. The van der Waals surface area contributed by atoms with Crippen LogP contribution in [0, 0.1) is 23.2 Å². The number of aliphatic hydroxyl groups is 5. The summed E-state index contributed by atoms with van der Waals surface area (Å²) in [5.74, 6) is -6.04. The van der Waals surface area contributed by atoms with Gasteiger partial charge in [0.15, 0.2) is 18.0 Å². The molecule has 3 rings (SSSR count). The Balaban J connectivity index is 2.37. The fourth-order valence-electron chi connectivity index (χ4n) is 8.94. The van der Waals surface area contributed by atoms with Gasteiger partial charge in [0.2, 0.25) is 0 Å². The molecule has 0 aliphatic carbocycles. The molecule has 0 aromatic heterocycles. The molecular formula is C40H71NO15. The van der Waals surface area contributed by atoms with Crippen LogP contribution in [0.5, 0.6) is 0 Å². The molecule has 16 nitrogen and oxygen atoms in total. The predicted molar refractivity (Wildman–Crippen MR) is 202 cm³/mol. The number of carbonyl (C=O) groups is 3. The van der Waals surface area contributed by atoms with Gasteiger partial charge in [-0.05, 0) is 81.8 Å². The maximum absolute atomic E-state index is 14.8. The minimum atomic E-state index is -2.38. The number of esters is 2. The maximum atomic E-state index is 14.8. The van der Waals surface area contributed by atoms with Crippen molar-refractivity contribution in [1.82, 2.24) is 4.90 Å². The average Bonchev–Trinajstić information content (AvgIpc) is 3.12. The summed E-state index contributed by atoms with van der Waals surface area (Å²) in [5.41, 5.74) is -7.73. The smallest absolute Gasteiger partial charge is 0.326 e. The number of aliphatic hydroxyl groups excluding tert-OH is 3. The number of Topliss-reactive ketones (excluding diaryl/α,β-unsaturated/α-hetero) is 1. The van der Waals surface area contributed by atoms with Gasteiger partial charge in [-0.1, -0.05) is 27.7 Å². The van der Waals surface area contributed by atoms with Gasteiger partial charge in [0.25, 0.3) is 0 Å². The van der Waals surface area contributed by atoms with E-state index in [9.17, 15) is 39.9 Å². The Morgan fingerprint density at radius 3 is 2.04 bits per heavy atom. The fraction of sp³-hybridized carbons (Fsp3) is 0.925. The third kappa shape index (κ3) is 9.78. The van der Waals surface area contributed by atoms with Crippen LogP contribution in [0.2, 0.25) is 0 Å². The van der Waals surface area contributed by atoms with Crippen molar-refractivity contribution in [1.29, 1.82) is 0 Å². The lowest BCUT2D eigenvalue weighted by atomic mass is 9.70. The second-order valence-electron chi connectivity index (χ2n) is 17.5. The lowest BCUT2D eigenvalue weighted by Crippen LogP contribution is -2.64. The van der Waals surface area contributed by atoms with E-state index in [4.69, 9.17) is 33.2 Å². The van der Waals surface area contributed by atoms with Crippen LogP contribution in [0.1, 0.15) is 102 Å². The van der Waals surface area contributed by atoms with E-state index >= 15 is 0 Å². The Labute approximate surface area is 332 Å². The zero-order valence-corrected chi connectivity index (χ0v) is 35.9. The predicted octanol–water partition coefficient (Wildman–Crippen LogP) is 1.72. The molecule has 3 saturated heterocycles. The first-order valence-corrected chi connectivity index (χ1v) is 20.0. The van der Waals surface area contributed by atoms with E-state index in [1.165, 1.54) is 34.8 Å². The molecular weight excluding hydrogens is 734 g/mol. The number of methoxy groups -OCH3 is 1. The van der Waals surface area contributed by atoms with Gasteiger partial charge in [0.1, 0.15) is 29.7 Å². The van der Waals surface area contributed by atoms with Gasteiger partial charge in [0, 0.05) is 37.3 Å². The molecule has 3 fully saturated rings. The minimum absolute atomic E-state index is 0.0256. The van der Waals surface area contributed by atoms with Crippen molar-refractivity contribution in [3.63, 3.8) is 0 Å². The molecule has 0 spiro atoms. The molecule has 56 heavy (non-hydrogen) atoms. The van der Waals surface area contributed by atoms with Crippen molar-refractivity contribution in [2.24, 2.45) is 23.2 Å². The molecule has 0 saturated carbocycles. The average molecular weight is 806 g/mol. The van der Waals surface area contributed by atoms with Gasteiger partial charge in [0.05, 0.1) is 48.3 Å². The molecule has 0 aromatic carbocycles. The zero-order valence-electron chi connectivity index (χ0n) is 35.9. The Morgan fingerprint density at radius 2 is 1.50 bits per heavy atom. The van der Waals surface area contributed by atoms with E-state index in [2.05, 4.69) is 0 Å². The van der Waals surface area contributed by atoms with Crippen molar-refractivity contribution in [2.75, 3.05) is 27.8 Å². The lowest BCUT2D eigenvalue weighted by molar-refractivity contribution is -0.322. The van der Waals surface area contributed by atoms with E-state index < -0.39 is 125 Å². The summed E-state index contributed by atoms with van der Waals surface area (Å²) in [6.45, 7) is 16.7. The SMILES string of the molecule is CCOC(=O)[C@]1(C)C(=O)O[C@H](CC)[C@@](C)(O)[C@H](O)[C@@H](C)C(=O)[C@H](C)C[C@@](C)(O)[C@H](OC2O[C@@H](C)C[C@@H](N(C)C)[C@@H]2O)[C@@H](C)[C@@H]1OC1C[C@@](C)(OC)[C@@H](O)[C@H](C)O1. The summed E-state index contributed by atoms with van der Waals surface area (Å²) >= 11 is 0. The molecule has 2 unspecified atom stereocenters. The van der Waals surface area contributed by atoms with E-state index in [-0.39, 0.29) is 25.9 Å². The fourth-order valence-corrected chi connectivity index (χ4v) is 8.94. The van der Waals surface area contributed by atoms with Crippen molar-refractivity contribution in [2.45, 2.75) is 186 Å². The molecule has 16 heteroatoms. The number of rotatable bonds is 9. The molecule has 0 bridgehead atoms. The minimum Gasteiger partial charge on any atom is -0.465 e. The first kappa shape index (κ1) is 48.5. The highest BCUT2D eigenvalue weighted by atomic mass is 16.7. The van der Waals surface area contributed by atoms with Crippen LogP contribution in [0.15, 0.2) is 0 Å². The summed E-state index contributed by atoms with van der Waals surface area (Å²) in [5, 5.41) is 58.5. The second kappa shape index (κ2) is 18.6. The monoisotopic (exact) mass is 805 g/mol. The van der Waals surface area contributed by atoms with Crippen molar-refractivity contribution >= 4 is 17.7 Å². The molecule has 0 radical (unpaired) electrons. The number of ether oxygens (including phenoxy) is 7. The summed E-state index contributed by atoms with van der Waals surface area (Å²) < 4.78 is 42.8. The normalized spacial score (nSPS) is 47.6. The first-order chi connectivity index (χ1) is 25.7. The summed E-state index contributed by atoms with van der Waals surface area (Å²) in [6, 6.07) is -0.411. The van der Waals surface area contributed by atoms with Crippen LogP contribution in [0.3, 0.4) is 0 Å². The number of likely N-dealkylation sites (N-methyl/N-ethyl adjacent to an activating group) is 1. The lowest BCUT2D eigenvalue weighted by Gasteiger charge is -2.50. The summed E-state index contributed by atoms with van der Waals surface area (Å²) in [7, 11) is 5.04. The number of ketones is 1. The van der Waals surface area contributed by atoms with E-state index in [0.717, 1.165) is 0 Å². The summed E-state index contributed by atoms with van der Waals surface area (Å²) in [6.07, 6.45) is -12.2. The molecule has 0 aromatic rings. The first-order valence-electron chi connectivity index (χ1n) is 20.0. The highest BCUT2D eigenvalue weighted by Crippen LogP contribution is 2.44.